The van der Waals surface area contributed by atoms with Gasteiger partial charge in [0.05, 0.1) is 29.7 Å². The molecule has 0 amide bonds. The van der Waals surface area contributed by atoms with Gasteiger partial charge in [-0.25, -0.2) is 0 Å². The van der Waals surface area contributed by atoms with Crippen molar-refractivity contribution in [2.24, 2.45) is 0 Å². The second kappa shape index (κ2) is 5.57. The minimum absolute atomic E-state index is 0.0751. The van der Waals surface area contributed by atoms with Crippen molar-refractivity contribution in [3.63, 3.8) is 0 Å². The van der Waals surface area contributed by atoms with E-state index in [0.717, 1.165) is 5.56 Å². The molecule has 22 heavy (non-hydrogen) atoms. The summed E-state index contributed by atoms with van der Waals surface area (Å²) in [6, 6.07) is 3.55. The number of carbonyl (C=O) groups excluding carboxylic acids is 1. The summed E-state index contributed by atoms with van der Waals surface area (Å²) in [5, 5.41) is 0.472. The number of morpholine rings is 1. The van der Waals surface area contributed by atoms with E-state index in [2.05, 4.69) is 0 Å². The molecule has 1 aliphatic rings. The summed E-state index contributed by atoms with van der Waals surface area (Å²) in [4.78, 5) is 26.6. The van der Waals surface area contributed by atoms with E-state index in [9.17, 15) is 9.59 Å². The fraction of sp³-hybridized carbons (Fsp3) is 0.412. The Kier molecular flexibility index (Phi) is 3.74. The first-order valence-electron chi connectivity index (χ1n) is 7.40. The number of hydrogen-bond donors (Lipinski definition) is 0. The number of carbonyl (C=O) groups is 1. The Balaban J connectivity index is 2.29. The minimum atomic E-state index is -0.103. The molecule has 1 aliphatic heterocycles. The van der Waals surface area contributed by atoms with Gasteiger partial charge in [-0.2, -0.15) is 0 Å². The molecule has 116 valence electrons. The van der Waals surface area contributed by atoms with Crippen molar-refractivity contribution in [1.29, 1.82) is 0 Å². The highest BCUT2D eigenvalue weighted by Gasteiger charge is 2.21. The summed E-state index contributed by atoms with van der Waals surface area (Å²) in [7, 11) is 0. The van der Waals surface area contributed by atoms with Gasteiger partial charge in [-0.1, -0.05) is 0 Å². The first-order chi connectivity index (χ1) is 10.5. The molecule has 0 N–H and O–H groups in total. The Morgan fingerprint density at radius 3 is 2.50 bits per heavy atom. The van der Waals surface area contributed by atoms with Gasteiger partial charge in [-0.05, 0) is 38.5 Å². The molecule has 0 saturated carbocycles. The lowest BCUT2D eigenvalue weighted by Gasteiger charge is -2.28. The van der Waals surface area contributed by atoms with Crippen LogP contribution in [-0.2, 0) is 4.74 Å². The summed E-state index contributed by atoms with van der Waals surface area (Å²) in [6.45, 7) is 7.70. The van der Waals surface area contributed by atoms with Crippen LogP contribution in [0.4, 0.5) is 5.88 Å². The summed E-state index contributed by atoms with van der Waals surface area (Å²) in [6.07, 6.45) is 0. The quantitative estimate of drug-likeness (QED) is 0.797. The number of ether oxygens (including phenoxy) is 1. The van der Waals surface area contributed by atoms with E-state index in [1.165, 1.54) is 6.92 Å². The van der Waals surface area contributed by atoms with Crippen molar-refractivity contribution in [2.75, 3.05) is 31.2 Å². The third-order valence-electron chi connectivity index (χ3n) is 4.02. The molecule has 2 aromatic rings. The molecule has 0 spiro atoms. The lowest BCUT2D eigenvalue weighted by molar-refractivity contribution is 0.101. The number of benzene rings is 1. The van der Waals surface area contributed by atoms with Gasteiger partial charge in [0, 0.05) is 13.1 Å². The lowest BCUT2D eigenvalue weighted by atomic mass is 10.0. The fourth-order valence-corrected chi connectivity index (χ4v) is 2.85. The van der Waals surface area contributed by atoms with Crippen LogP contribution in [0.25, 0.3) is 11.0 Å². The molecular weight excluding hydrogens is 282 g/mol. The topological polar surface area (TPSA) is 59.8 Å². The van der Waals surface area contributed by atoms with E-state index in [0.29, 0.717) is 54.3 Å². The number of anilines is 1. The summed E-state index contributed by atoms with van der Waals surface area (Å²) in [5.74, 6) is 0.445. The van der Waals surface area contributed by atoms with Crippen molar-refractivity contribution < 1.29 is 13.9 Å². The molecule has 0 radical (unpaired) electrons. The number of hydrogen-bond acceptors (Lipinski definition) is 5. The summed E-state index contributed by atoms with van der Waals surface area (Å²) in [5.41, 5.74) is 2.23. The van der Waals surface area contributed by atoms with E-state index in [4.69, 9.17) is 9.15 Å². The normalized spacial score (nSPS) is 15.3. The van der Waals surface area contributed by atoms with Gasteiger partial charge in [0.1, 0.15) is 0 Å². The standard InChI is InChI=1S/C17H19NO4/c1-10-8-13(12(3)19)16-14(9-10)15(20)11(2)17(22-16)18-4-6-21-7-5-18/h8-9H,4-7H2,1-3H3. The van der Waals surface area contributed by atoms with Crippen LogP contribution in [0.1, 0.15) is 28.4 Å². The molecule has 0 aliphatic carbocycles. The van der Waals surface area contributed by atoms with Crippen LogP contribution in [0.2, 0.25) is 0 Å². The fourth-order valence-electron chi connectivity index (χ4n) is 2.85. The van der Waals surface area contributed by atoms with Gasteiger partial charge < -0.3 is 14.1 Å². The zero-order chi connectivity index (χ0) is 15.9. The number of aryl methyl sites for hydroxylation is 1. The molecule has 5 nitrogen and oxygen atoms in total. The molecule has 3 rings (SSSR count). The van der Waals surface area contributed by atoms with Gasteiger partial charge >= 0.3 is 0 Å². The molecule has 1 aromatic carbocycles. The second-order valence-electron chi connectivity index (χ2n) is 5.71. The van der Waals surface area contributed by atoms with E-state index in [1.54, 1.807) is 19.1 Å². The van der Waals surface area contributed by atoms with Crippen LogP contribution in [-0.4, -0.2) is 32.1 Å². The maximum atomic E-state index is 12.7. The predicted molar refractivity (Wildman–Crippen MR) is 85.0 cm³/mol. The number of nitrogens with zero attached hydrogens (tertiary/aromatic N) is 1. The van der Waals surface area contributed by atoms with Crippen LogP contribution < -0.4 is 10.3 Å². The number of fused-ring (bicyclic) bond motifs is 1. The van der Waals surface area contributed by atoms with E-state index >= 15 is 0 Å². The maximum absolute atomic E-state index is 12.7. The average Bonchev–Trinajstić information content (AvgIpc) is 2.51. The van der Waals surface area contributed by atoms with E-state index in [1.807, 2.05) is 11.8 Å². The van der Waals surface area contributed by atoms with Crippen molar-refractivity contribution >= 4 is 22.6 Å². The third-order valence-corrected chi connectivity index (χ3v) is 4.02. The predicted octanol–water partition coefficient (Wildman–Crippen LogP) is 2.45. The van der Waals surface area contributed by atoms with Gasteiger partial charge in [0.25, 0.3) is 0 Å². The molecule has 0 unspecified atom stereocenters. The number of rotatable bonds is 2. The highest BCUT2D eigenvalue weighted by Crippen LogP contribution is 2.27. The molecule has 0 atom stereocenters. The Hall–Kier alpha value is -2.14. The summed E-state index contributed by atoms with van der Waals surface area (Å²) >= 11 is 0. The van der Waals surface area contributed by atoms with Gasteiger partial charge in [0.2, 0.25) is 5.88 Å². The van der Waals surface area contributed by atoms with Crippen molar-refractivity contribution in [1.82, 2.24) is 0 Å². The Morgan fingerprint density at radius 1 is 1.18 bits per heavy atom. The third kappa shape index (κ3) is 2.41. The smallest absolute Gasteiger partial charge is 0.203 e. The molecule has 1 fully saturated rings. The zero-order valence-electron chi connectivity index (χ0n) is 13.1. The van der Waals surface area contributed by atoms with Crippen molar-refractivity contribution in [2.45, 2.75) is 20.8 Å². The first-order valence-corrected chi connectivity index (χ1v) is 7.40. The van der Waals surface area contributed by atoms with Gasteiger partial charge in [0.15, 0.2) is 16.8 Å². The monoisotopic (exact) mass is 301 g/mol. The van der Waals surface area contributed by atoms with E-state index in [-0.39, 0.29) is 11.2 Å². The van der Waals surface area contributed by atoms with Gasteiger partial charge in [-0.3, -0.25) is 9.59 Å². The maximum Gasteiger partial charge on any atom is 0.203 e. The molecule has 1 aromatic heterocycles. The first kappa shape index (κ1) is 14.8. The molecule has 0 bridgehead atoms. The molecule has 5 heteroatoms. The highest BCUT2D eigenvalue weighted by atomic mass is 16.5. The van der Waals surface area contributed by atoms with Crippen LogP contribution in [0.3, 0.4) is 0 Å². The minimum Gasteiger partial charge on any atom is -0.439 e. The largest absolute Gasteiger partial charge is 0.439 e. The number of ketones is 1. The van der Waals surface area contributed by atoms with Crippen LogP contribution in [0, 0.1) is 13.8 Å². The highest BCUT2D eigenvalue weighted by molar-refractivity contribution is 6.05. The Morgan fingerprint density at radius 2 is 1.86 bits per heavy atom. The lowest BCUT2D eigenvalue weighted by Crippen LogP contribution is -2.37. The van der Waals surface area contributed by atoms with Crippen molar-refractivity contribution in [3.05, 3.63) is 39.0 Å². The zero-order valence-corrected chi connectivity index (χ0v) is 13.1. The molecule has 2 heterocycles. The van der Waals surface area contributed by atoms with Crippen LogP contribution in [0.5, 0.6) is 0 Å². The summed E-state index contributed by atoms with van der Waals surface area (Å²) < 4.78 is 11.4. The number of Topliss-reactive ketones (excluding diaryl/α,β-unsaturated/α-hetero) is 1. The molecular formula is C17H19NO4. The Labute approximate surface area is 128 Å². The average molecular weight is 301 g/mol. The SMILES string of the molecule is CC(=O)c1cc(C)cc2c(=O)c(C)c(N3CCOCC3)oc12. The van der Waals surface area contributed by atoms with Crippen LogP contribution in [0.15, 0.2) is 21.3 Å². The van der Waals surface area contributed by atoms with Crippen LogP contribution >= 0.6 is 0 Å². The Bertz CT molecular complexity index is 800. The second-order valence-corrected chi connectivity index (χ2v) is 5.71. The van der Waals surface area contributed by atoms with E-state index < -0.39 is 0 Å². The van der Waals surface area contributed by atoms with Crippen molar-refractivity contribution in [3.8, 4) is 0 Å². The van der Waals surface area contributed by atoms with Gasteiger partial charge in [-0.15, -0.1) is 0 Å². The molecule has 1 saturated heterocycles.